The molecule has 32 heavy (non-hydrogen) atoms. The minimum absolute atomic E-state index is 0.147. The van der Waals surface area contributed by atoms with Crippen LogP contribution in [0.2, 0.25) is 0 Å². The van der Waals surface area contributed by atoms with Crippen molar-refractivity contribution in [3.63, 3.8) is 0 Å². The molecule has 178 valence electrons. The largest absolute Gasteiger partial charge is 0.467 e. The number of urea groups is 1. The molecule has 0 saturated carbocycles. The molecule has 0 spiro atoms. The van der Waals surface area contributed by atoms with Gasteiger partial charge in [-0.2, -0.15) is 4.31 Å². The summed E-state index contributed by atoms with van der Waals surface area (Å²) in [4.78, 5) is 26.0. The first-order chi connectivity index (χ1) is 15.3. The molecule has 0 aliphatic carbocycles. The second-order valence-electron chi connectivity index (χ2n) is 7.91. The number of hydrogen-bond acceptors (Lipinski definition) is 7. The summed E-state index contributed by atoms with van der Waals surface area (Å²) in [6.07, 6.45) is 2.24. The van der Waals surface area contributed by atoms with Gasteiger partial charge in [0, 0.05) is 45.5 Å². The van der Waals surface area contributed by atoms with Gasteiger partial charge in [0.05, 0.1) is 12.0 Å². The van der Waals surface area contributed by atoms with E-state index in [1.54, 1.807) is 26.4 Å². The van der Waals surface area contributed by atoms with Crippen LogP contribution in [0, 0.1) is 5.92 Å². The van der Waals surface area contributed by atoms with Crippen molar-refractivity contribution in [2.45, 2.75) is 42.9 Å². The molecular formula is C21H31N3O7S. The van der Waals surface area contributed by atoms with Crippen LogP contribution in [0.5, 0.6) is 0 Å². The molecule has 0 aromatic heterocycles. The molecule has 2 aliphatic heterocycles. The van der Waals surface area contributed by atoms with E-state index in [2.05, 4.69) is 5.32 Å². The van der Waals surface area contributed by atoms with E-state index in [1.807, 2.05) is 0 Å². The van der Waals surface area contributed by atoms with Crippen LogP contribution in [0.4, 0.5) is 10.5 Å². The van der Waals surface area contributed by atoms with E-state index in [0.29, 0.717) is 44.6 Å². The van der Waals surface area contributed by atoms with E-state index in [-0.39, 0.29) is 17.1 Å². The first kappa shape index (κ1) is 24.4. The molecule has 0 bridgehead atoms. The third-order valence-corrected chi connectivity index (χ3v) is 7.99. The summed E-state index contributed by atoms with van der Waals surface area (Å²) in [5.74, 6) is -0.293. The number of ether oxygens (including phenoxy) is 3. The maximum absolute atomic E-state index is 13.0. The van der Waals surface area contributed by atoms with Crippen LogP contribution in [-0.2, 0) is 29.0 Å². The highest BCUT2D eigenvalue weighted by Crippen LogP contribution is 2.28. The Morgan fingerprint density at radius 2 is 1.62 bits per heavy atom. The summed E-state index contributed by atoms with van der Waals surface area (Å²) in [5, 5.41) is 2.73. The molecule has 1 atom stereocenters. The van der Waals surface area contributed by atoms with Crippen LogP contribution in [0.15, 0.2) is 29.2 Å². The van der Waals surface area contributed by atoms with E-state index >= 15 is 0 Å². The quantitative estimate of drug-likeness (QED) is 0.479. The number of anilines is 1. The normalized spacial score (nSPS) is 20.5. The standard InChI is InChI=1S/C21H31N3O7S/c1-29-19(25)18-5-4-12-24(18)21(26)22-16-6-8-17(9-7-16)32(27,28)23-13-10-15(11-14-23)20(30-2)31-3/h6-9,15,18,20H,4-5,10-14H2,1-3H3,(H,22,26). The number of esters is 1. The van der Waals surface area contributed by atoms with Crippen LogP contribution in [0.1, 0.15) is 25.7 Å². The Morgan fingerprint density at radius 1 is 1.00 bits per heavy atom. The van der Waals surface area contributed by atoms with Gasteiger partial charge in [0.2, 0.25) is 10.0 Å². The first-order valence-corrected chi connectivity index (χ1v) is 12.1. The lowest BCUT2D eigenvalue weighted by Gasteiger charge is -2.34. The number of benzene rings is 1. The molecular weight excluding hydrogens is 438 g/mol. The van der Waals surface area contributed by atoms with Crippen molar-refractivity contribution in [3.05, 3.63) is 24.3 Å². The van der Waals surface area contributed by atoms with Crippen LogP contribution >= 0.6 is 0 Å². The van der Waals surface area contributed by atoms with Crippen molar-refractivity contribution < 1.29 is 32.2 Å². The van der Waals surface area contributed by atoms with Crippen LogP contribution in [0.3, 0.4) is 0 Å². The number of nitrogens with one attached hydrogen (secondary N) is 1. The van der Waals surface area contributed by atoms with Gasteiger partial charge >= 0.3 is 12.0 Å². The highest BCUT2D eigenvalue weighted by Gasteiger charge is 2.35. The second kappa shape index (κ2) is 10.6. The highest BCUT2D eigenvalue weighted by molar-refractivity contribution is 7.89. The van der Waals surface area contributed by atoms with Gasteiger partial charge in [-0.05, 0) is 49.9 Å². The highest BCUT2D eigenvalue weighted by atomic mass is 32.2. The molecule has 2 heterocycles. The molecule has 2 saturated heterocycles. The van der Waals surface area contributed by atoms with E-state index in [4.69, 9.17) is 14.2 Å². The number of sulfonamides is 1. The van der Waals surface area contributed by atoms with Crippen LogP contribution < -0.4 is 5.32 Å². The number of methoxy groups -OCH3 is 3. The fraction of sp³-hybridized carbons (Fsp3) is 0.619. The van der Waals surface area contributed by atoms with E-state index in [0.717, 1.165) is 6.42 Å². The summed E-state index contributed by atoms with van der Waals surface area (Å²) < 4.78 is 42.8. The summed E-state index contributed by atoms with van der Waals surface area (Å²) in [6.45, 7) is 1.23. The molecule has 1 aromatic rings. The number of likely N-dealkylation sites (tertiary alicyclic amines) is 1. The number of piperidine rings is 1. The Hall–Kier alpha value is -2.21. The molecule has 11 heteroatoms. The van der Waals surface area contributed by atoms with Gasteiger partial charge < -0.3 is 24.4 Å². The lowest BCUT2D eigenvalue weighted by molar-refractivity contribution is -0.145. The summed E-state index contributed by atoms with van der Waals surface area (Å²) in [5.41, 5.74) is 0.450. The predicted octanol–water partition coefficient (Wildman–Crippen LogP) is 1.88. The summed E-state index contributed by atoms with van der Waals surface area (Å²) in [7, 11) is 0.817. The first-order valence-electron chi connectivity index (χ1n) is 10.6. The number of nitrogens with zero attached hydrogens (tertiary/aromatic N) is 2. The smallest absolute Gasteiger partial charge is 0.328 e. The fourth-order valence-corrected chi connectivity index (χ4v) is 5.78. The average molecular weight is 470 g/mol. The second-order valence-corrected chi connectivity index (χ2v) is 9.85. The minimum atomic E-state index is -3.64. The lowest BCUT2D eigenvalue weighted by Crippen LogP contribution is -2.43. The van der Waals surface area contributed by atoms with Gasteiger partial charge in [-0.25, -0.2) is 18.0 Å². The zero-order valence-corrected chi connectivity index (χ0v) is 19.5. The Labute approximate surface area is 188 Å². The van der Waals surface area contributed by atoms with Crippen molar-refractivity contribution >= 4 is 27.7 Å². The molecule has 3 rings (SSSR count). The number of rotatable bonds is 7. The van der Waals surface area contributed by atoms with Gasteiger partial charge in [0.25, 0.3) is 0 Å². The topological polar surface area (TPSA) is 114 Å². The minimum Gasteiger partial charge on any atom is -0.467 e. The van der Waals surface area contributed by atoms with Crippen molar-refractivity contribution in [1.29, 1.82) is 0 Å². The number of carbonyl (C=O) groups is 2. The summed E-state index contributed by atoms with van der Waals surface area (Å²) in [6, 6.07) is 5.04. The Morgan fingerprint density at radius 3 is 2.19 bits per heavy atom. The van der Waals surface area contributed by atoms with Crippen LogP contribution in [-0.4, -0.2) is 82.9 Å². The monoisotopic (exact) mass is 469 g/mol. The molecule has 2 amide bonds. The predicted molar refractivity (Wildman–Crippen MR) is 116 cm³/mol. The van der Waals surface area contributed by atoms with Crippen LogP contribution in [0.25, 0.3) is 0 Å². The molecule has 0 radical (unpaired) electrons. The van der Waals surface area contributed by atoms with Crippen molar-refractivity contribution in [3.8, 4) is 0 Å². The van der Waals surface area contributed by atoms with Gasteiger partial charge in [-0.1, -0.05) is 0 Å². The zero-order chi connectivity index (χ0) is 23.3. The van der Waals surface area contributed by atoms with Gasteiger partial charge in [-0.3, -0.25) is 0 Å². The van der Waals surface area contributed by atoms with Crippen molar-refractivity contribution in [2.75, 3.05) is 46.3 Å². The van der Waals surface area contributed by atoms with E-state index in [9.17, 15) is 18.0 Å². The van der Waals surface area contributed by atoms with Gasteiger partial charge in [0.15, 0.2) is 6.29 Å². The summed E-state index contributed by atoms with van der Waals surface area (Å²) >= 11 is 0. The van der Waals surface area contributed by atoms with Crippen molar-refractivity contribution in [1.82, 2.24) is 9.21 Å². The van der Waals surface area contributed by atoms with Crippen molar-refractivity contribution in [2.24, 2.45) is 5.92 Å². The van der Waals surface area contributed by atoms with Gasteiger partial charge in [0.1, 0.15) is 6.04 Å². The van der Waals surface area contributed by atoms with E-state index in [1.165, 1.54) is 28.4 Å². The molecule has 10 nitrogen and oxygen atoms in total. The zero-order valence-electron chi connectivity index (χ0n) is 18.7. The lowest BCUT2D eigenvalue weighted by atomic mass is 9.97. The molecule has 2 fully saturated rings. The van der Waals surface area contributed by atoms with Gasteiger partial charge in [-0.15, -0.1) is 0 Å². The maximum atomic E-state index is 13.0. The molecule has 1 unspecified atom stereocenters. The third kappa shape index (κ3) is 5.22. The number of amides is 2. The molecule has 1 aromatic carbocycles. The fourth-order valence-electron chi connectivity index (χ4n) is 4.31. The average Bonchev–Trinajstić information content (AvgIpc) is 3.30. The Kier molecular flexibility index (Phi) is 8.10. The SMILES string of the molecule is COC(=O)C1CCCN1C(=O)Nc1ccc(S(=O)(=O)N2CCC(C(OC)OC)CC2)cc1. The molecule has 1 N–H and O–H groups in total. The maximum Gasteiger partial charge on any atom is 0.328 e. The Balaban J connectivity index is 1.61. The number of carbonyl (C=O) groups excluding carboxylic acids is 2. The molecule has 2 aliphatic rings. The number of hydrogen-bond donors (Lipinski definition) is 1. The van der Waals surface area contributed by atoms with E-state index < -0.39 is 28.1 Å². The third-order valence-electron chi connectivity index (χ3n) is 6.08. The Bertz CT molecular complexity index is 894.